The predicted molar refractivity (Wildman–Crippen MR) is 124 cm³/mol. The summed E-state index contributed by atoms with van der Waals surface area (Å²) < 4.78 is 14.9. The first-order valence-corrected chi connectivity index (χ1v) is 11.9. The second-order valence-electron chi connectivity index (χ2n) is 8.70. The smallest absolute Gasteiger partial charge is 0.132 e. The lowest BCUT2D eigenvalue weighted by molar-refractivity contribution is 0.444. The fraction of sp³-hybridized carbons (Fsp3) is 0.407. The van der Waals surface area contributed by atoms with Crippen molar-refractivity contribution in [1.29, 1.82) is 0 Å². The molecule has 0 nitrogen and oxygen atoms in total. The van der Waals surface area contributed by atoms with Crippen molar-refractivity contribution in [2.24, 2.45) is 11.8 Å². The van der Waals surface area contributed by atoms with Crippen molar-refractivity contribution >= 4 is 11.3 Å². The van der Waals surface area contributed by atoms with Crippen molar-refractivity contribution in [2.75, 3.05) is 0 Å². The van der Waals surface area contributed by atoms with Gasteiger partial charge in [0.1, 0.15) is 5.82 Å². The van der Waals surface area contributed by atoms with Crippen LogP contribution in [0.4, 0.5) is 4.39 Å². The van der Waals surface area contributed by atoms with E-state index >= 15 is 0 Å². The molecule has 4 rings (SSSR count). The Morgan fingerprint density at radius 3 is 2.34 bits per heavy atom. The molecule has 0 radical (unpaired) electrons. The number of thiophene rings is 1. The molecule has 1 aliphatic carbocycles. The van der Waals surface area contributed by atoms with E-state index in [2.05, 4.69) is 50.2 Å². The fourth-order valence-electron chi connectivity index (χ4n) is 4.76. The quantitative estimate of drug-likeness (QED) is 0.368. The molecule has 0 bridgehead atoms. The molecule has 2 heteroatoms. The highest BCUT2D eigenvalue weighted by molar-refractivity contribution is 7.15. The van der Waals surface area contributed by atoms with Crippen molar-refractivity contribution < 1.29 is 4.39 Å². The summed E-state index contributed by atoms with van der Waals surface area (Å²) >= 11 is 1.76. The van der Waals surface area contributed by atoms with E-state index in [1.54, 1.807) is 17.4 Å². The van der Waals surface area contributed by atoms with Crippen LogP contribution in [0.3, 0.4) is 0 Å². The molecular weight excluding hydrogens is 375 g/mol. The van der Waals surface area contributed by atoms with Crippen LogP contribution >= 0.6 is 11.3 Å². The highest BCUT2D eigenvalue weighted by atomic mass is 32.1. The molecule has 2 aromatic carbocycles. The molecule has 2 unspecified atom stereocenters. The van der Waals surface area contributed by atoms with Crippen LogP contribution in [-0.2, 0) is 6.42 Å². The summed E-state index contributed by atoms with van der Waals surface area (Å²) in [6, 6.07) is 18.2. The van der Waals surface area contributed by atoms with Crippen LogP contribution < -0.4 is 0 Å². The fourth-order valence-corrected chi connectivity index (χ4v) is 5.81. The Kier molecular flexibility index (Phi) is 6.50. The molecule has 1 aromatic heterocycles. The molecule has 1 fully saturated rings. The summed E-state index contributed by atoms with van der Waals surface area (Å²) in [6.07, 6.45) is 9.38. The second kappa shape index (κ2) is 9.26. The van der Waals surface area contributed by atoms with Crippen molar-refractivity contribution in [3.8, 4) is 21.6 Å². The third-order valence-electron chi connectivity index (χ3n) is 6.43. The van der Waals surface area contributed by atoms with Gasteiger partial charge in [0.05, 0.1) is 0 Å². The molecule has 0 aliphatic heterocycles. The topological polar surface area (TPSA) is 0 Å². The van der Waals surface area contributed by atoms with E-state index in [-0.39, 0.29) is 5.82 Å². The monoisotopic (exact) mass is 406 g/mol. The molecule has 1 saturated carbocycles. The maximum Gasteiger partial charge on any atom is 0.132 e. The molecular formula is C27H31FS. The van der Waals surface area contributed by atoms with Crippen LogP contribution in [0, 0.1) is 24.6 Å². The summed E-state index contributed by atoms with van der Waals surface area (Å²) in [5.41, 5.74) is 3.94. The summed E-state index contributed by atoms with van der Waals surface area (Å²) in [4.78, 5) is 2.43. The van der Waals surface area contributed by atoms with E-state index in [4.69, 9.17) is 0 Å². The molecule has 0 amide bonds. The van der Waals surface area contributed by atoms with E-state index in [9.17, 15) is 4.39 Å². The first kappa shape index (κ1) is 20.3. The minimum Gasteiger partial charge on any atom is -0.206 e. The third-order valence-corrected chi connectivity index (χ3v) is 7.61. The highest BCUT2D eigenvalue weighted by Crippen LogP contribution is 2.38. The molecule has 0 N–H and O–H groups in total. The maximum absolute atomic E-state index is 14.9. The molecule has 152 valence electrons. The van der Waals surface area contributed by atoms with Crippen molar-refractivity contribution in [2.45, 2.75) is 58.8 Å². The lowest BCUT2D eigenvalue weighted by atomic mass is 9.97. The van der Waals surface area contributed by atoms with E-state index in [0.29, 0.717) is 0 Å². The number of benzene rings is 2. The van der Waals surface area contributed by atoms with E-state index in [0.717, 1.165) is 39.8 Å². The van der Waals surface area contributed by atoms with Gasteiger partial charge in [-0.25, -0.2) is 4.39 Å². The van der Waals surface area contributed by atoms with Crippen LogP contribution in [0.25, 0.3) is 21.6 Å². The molecule has 0 spiro atoms. The number of halogens is 1. The zero-order chi connectivity index (χ0) is 20.2. The van der Waals surface area contributed by atoms with Gasteiger partial charge in [-0.05, 0) is 73.4 Å². The van der Waals surface area contributed by atoms with Crippen molar-refractivity contribution in [1.82, 2.24) is 0 Å². The Hall–Kier alpha value is -1.93. The van der Waals surface area contributed by atoms with Gasteiger partial charge in [-0.3, -0.25) is 0 Å². The predicted octanol–water partition coefficient (Wildman–Crippen LogP) is 8.68. The van der Waals surface area contributed by atoms with Crippen molar-refractivity contribution in [3.63, 3.8) is 0 Å². The molecule has 1 heterocycles. The zero-order valence-corrected chi connectivity index (χ0v) is 18.4. The highest BCUT2D eigenvalue weighted by Gasteiger charge is 2.23. The maximum atomic E-state index is 14.9. The Labute approximate surface area is 178 Å². The Balaban J connectivity index is 1.40. The van der Waals surface area contributed by atoms with Gasteiger partial charge < -0.3 is 0 Å². The van der Waals surface area contributed by atoms with E-state index in [1.807, 2.05) is 12.1 Å². The van der Waals surface area contributed by atoms with Gasteiger partial charge in [-0.15, -0.1) is 11.3 Å². The van der Waals surface area contributed by atoms with Gasteiger partial charge in [0.2, 0.25) is 0 Å². The van der Waals surface area contributed by atoms with Crippen LogP contribution in [0.5, 0.6) is 0 Å². The molecule has 3 aromatic rings. The Bertz CT molecular complexity index is 937. The van der Waals surface area contributed by atoms with E-state index < -0.39 is 0 Å². The second-order valence-corrected chi connectivity index (χ2v) is 9.87. The van der Waals surface area contributed by atoms with Gasteiger partial charge >= 0.3 is 0 Å². The molecule has 2 atom stereocenters. The van der Waals surface area contributed by atoms with Gasteiger partial charge in [0.15, 0.2) is 0 Å². The lowest BCUT2D eigenvalue weighted by Crippen LogP contribution is -1.98. The minimum absolute atomic E-state index is 0.130. The standard InChI is InChI=1S/C27H31FS/c1-3-4-20-7-8-21(17-20)9-13-24-14-16-27(29-24)25-15-12-23(18-26(25)28)22-10-5-19(2)6-11-22/h5-6,10-12,14-16,18,20-21H,3-4,7-9,13,17H2,1-2H3. The zero-order valence-electron chi connectivity index (χ0n) is 17.6. The van der Waals surface area contributed by atoms with Crippen LogP contribution in [0.1, 0.15) is 55.9 Å². The number of rotatable bonds is 7. The van der Waals surface area contributed by atoms with Crippen LogP contribution in [0.15, 0.2) is 54.6 Å². The SMILES string of the molecule is CCCC1CCC(CCc2ccc(-c3ccc(-c4ccc(C)cc4)cc3F)s2)C1. The number of hydrogen-bond donors (Lipinski definition) is 0. The minimum atomic E-state index is -0.130. The lowest BCUT2D eigenvalue weighted by Gasteiger charge is -2.10. The van der Waals surface area contributed by atoms with E-state index in [1.165, 1.54) is 49.0 Å². The normalized spacial score (nSPS) is 19.0. The average Bonchev–Trinajstić information content (AvgIpc) is 3.37. The third kappa shape index (κ3) is 4.98. The molecule has 1 aliphatic rings. The Morgan fingerprint density at radius 2 is 1.62 bits per heavy atom. The number of aryl methyl sites for hydroxylation is 2. The largest absolute Gasteiger partial charge is 0.206 e. The number of hydrogen-bond acceptors (Lipinski definition) is 1. The van der Waals surface area contributed by atoms with Gasteiger partial charge in [0.25, 0.3) is 0 Å². The first-order chi connectivity index (χ1) is 14.1. The molecule has 29 heavy (non-hydrogen) atoms. The summed E-state index contributed by atoms with van der Waals surface area (Å²) in [5.74, 6) is 1.72. The first-order valence-electron chi connectivity index (χ1n) is 11.1. The Morgan fingerprint density at radius 1 is 0.897 bits per heavy atom. The molecule has 0 saturated heterocycles. The summed E-state index contributed by atoms with van der Waals surface area (Å²) in [6.45, 7) is 4.37. The summed E-state index contributed by atoms with van der Waals surface area (Å²) in [5, 5.41) is 0. The van der Waals surface area contributed by atoms with Crippen LogP contribution in [0.2, 0.25) is 0 Å². The van der Waals surface area contributed by atoms with Gasteiger partial charge in [0, 0.05) is 15.3 Å². The van der Waals surface area contributed by atoms with Gasteiger partial charge in [-0.1, -0.05) is 68.5 Å². The van der Waals surface area contributed by atoms with Crippen LogP contribution in [-0.4, -0.2) is 0 Å². The average molecular weight is 407 g/mol. The summed E-state index contributed by atoms with van der Waals surface area (Å²) in [7, 11) is 0. The van der Waals surface area contributed by atoms with Gasteiger partial charge in [-0.2, -0.15) is 0 Å². The van der Waals surface area contributed by atoms with Crippen molar-refractivity contribution in [3.05, 3.63) is 70.9 Å².